The van der Waals surface area contributed by atoms with Gasteiger partial charge in [-0.2, -0.15) is 10.5 Å². The van der Waals surface area contributed by atoms with Crippen LogP contribution in [0.1, 0.15) is 11.1 Å². The summed E-state index contributed by atoms with van der Waals surface area (Å²) in [6.07, 6.45) is 0. The molecule has 4 aromatic carbocycles. The first kappa shape index (κ1) is 10.8. The molecule has 0 aromatic heterocycles. The monoisotopic (exact) mass is 252 g/mol. The molecule has 0 unspecified atom stereocenters. The Labute approximate surface area is 115 Å². The smallest absolute Gasteiger partial charge is 0.0998 e. The van der Waals surface area contributed by atoms with Crippen molar-refractivity contribution in [2.75, 3.05) is 0 Å². The van der Waals surface area contributed by atoms with Crippen molar-refractivity contribution in [1.82, 2.24) is 0 Å². The summed E-state index contributed by atoms with van der Waals surface area (Å²) in [7, 11) is 0. The molecule has 2 nitrogen and oxygen atoms in total. The van der Waals surface area contributed by atoms with Crippen molar-refractivity contribution in [3.63, 3.8) is 0 Å². The second-order valence-corrected chi connectivity index (χ2v) is 4.88. The topological polar surface area (TPSA) is 47.6 Å². The predicted molar refractivity (Wildman–Crippen MR) is 79.6 cm³/mol. The van der Waals surface area contributed by atoms with Crippen LogP contribution in [0.4, 0.5) is 0 Å². The van der Waals surface area contributed by atoms with Gasteiger partial charge in [0.1, 0.15) is 0 Å². The molecule has 0 radical (unpaired) electrons. The van der Waals surface area contributed by atoms with E-state index in [1.165, 1.54) is 0 Å². The van der Waals surface area contributed by atoms with Gasteiger partial charge < -0.3 is 0 Å². The summed E-state index contributed by atoms with van der Waals surface area (Å²) in [5.41, 5.74) is 1.12. The van der Waals surface area contributed by atoms with Crippen LogP contribution in [0.15, 0.2) is 48.5 Å². The summed E-state index contributed by atoms with van der Waals surface area (Å²) < 4.78 is 0. The largest absolute Gasteiger partial charge is 0.192 e. The van der Waals surface area contributed by atoms with Crippen LogP contribution in [0.3, 0.4) is 0 Å². The highest BCUT2D eigenvalue weighted by Gasteiger charge is 2.13. The highest BCUT2D eigenvalue weighted by Crippen LogP contribution is 2.37. The maximum Gasteiger partial charge on any atom is 0.0998 e. The fourth-order valence-electron chi connectivity index (χ4n) is 3.02. The molecule has 4 aromatic rings. The SMILES string of the molecule is N#Cc1cc(C#N)c2ccc3cccc4ccc1c2c43. The van der Waals surface area contributed by atoms with Crippen molar-refractivity contribution in [1.29, 1.82) is 10.5 Å². The third-order valence-corrected chi connectivity index (χ3v) is 3.89. The van der Waals surface area contributed by atoms with E-state index in [1.54, 1.807) is 6.07 Å². The lowest BCUT2D eigenvalue weighted by Crippen LogP contribution is -1.90. The maximum absolute atomic E-state index is 9.33. The van der Waals surface area contributed by atoms with E-state index in [2.05, 4.69) is 24.3 Å². The maximum atomic E-state index is 9.33. The molecule has 0 N–H and O–H groups in total. The van der Waals surface area contributed by atoms with Crippen molar-refractivity contribution >= 4 is 32.3 Å². The van der Waals surface area contributed by atoms with Gasteiger partial charge in [-0.25, -0.2) is 0 Å². The van der Waals surface area contributed by atoms with Crippen molar-refractivity contribution in [3.05, 3.63) is 59.7 Å². The van der Waals surface area contributed by atoms with Crippen molar-refractivity contribution in [3.8, 4) is 12.1 Å². The first-order valence-corrected chi connectivity index (χ1v) is 6.34. The Kier molecular flexibility index (Phi) is 1.99. The van der Waals surface area contributed by atoms with Crippen molar-refractivity contribution in [2.24, 2.45) is 0 Å². The molecule has 2 heteroatoms. The van der Waals surface area contributed by atoms with E-state index in [1.807, 2.05) is 30.3 Å². The fraction of sp³-hybridized carbons (Fsp3) is 0. The molecule has 0 saturated carbocycles. The van der Waals surface area contributed by atoms with Crippen LogP contribution in [0.25, 0.3) is 32.3 Å². The normalized spacial score (nSPS) is 10.9. The van der Waals surface area contributed by atoms with E-state index in [0.29, 0.717) is 11.1 Å². The van der Waals surface area contributed by atoms with Gasteiger partial charge in [0.15, 0.2) is 0 Å². The minimum Gasteiger partial charge on any atom is -0.192 e. The van der Waals surface area contributed by atoms with Gasteiger partial charge in [-0.05, 0) is 27.6 Å². The first-order chi connectivity index (χ1) is 9.83. The molecule has 0 saturated heterocycles. The summed E-state index contributed by atoms with van der Waals surface area (Å²) >= 11 is 0. The van der Waals surface area contributed by atoms with Gasteiger partial charge in [-0.3, -0.25) is 0 Å². The van der Waals surface area contributed by atoms with Crippen LogP contribution in [0.2, 0.25) is 0 Å². The van der Waals surface area contributed by atoms with Crippen LogP contribution < -0.4 is 0 Å². The minimum atomic E-state index is 0.562. The molecule has 0 amide bonds. The number of nitrogens with zero attached hydrogens (tertiary/aromatic N) is 2. The highest BCUT2D eigenvalue weighted by atomic mass is 14.3. The Morgan fingerprint density at radius 2 is 1.20 bits per heavy atom. The Hall–Kier alpha value is -3.10. The van der Waals surface area contributed by atoms with Crippen molar-refractivity contribution in [2.45, 2.75) is 0 Å². The average molecular weight is 252 g/mol. The van der Waals surface area contributed by atoms with Gasteiger partial charge in [-0.1, -0.05) is 42.5 Å². The molecule has 0 aliphatic rings. The molecule has 0 spiro atoms. The second-order valence-electron chi connectivity index (χ2n) is 4.88. The molecule has 0 bridgehead atoms. The lowest BCUT2D eigenvalue weighted by Gasteiger charge is -2.12. The zero-order valence-electron chi connectivity index (χ0n) is 10.5. The summed E-state index contributed by atoms with van der Waals surface area (Å²) in [6, 6.07) is 20.3. The minimum absolute atomic E-state index is 0.562. The van der Waals surface area contributed by atoms with E-state index >= 15 is 0 Å². The van der Waals surface area contributed by atoms with Crippen LogP contribution in [-0.4, -0.2) is 0 Å². The molecule has 0 atom stereocenters. The Morgan fingerprint density at radius 3 is 1.70 bits per heavy atom. The van der Waals surface area contributed by atoms with Gasteiger partial charge >= 0.3 is 0 Å². The Bertz CT molecular complexity index is 983. The number of nitriles is 2. The molecular formula is C18H8N2. The van der Waals surface area contributed by atoms with Crippen LogP contribution in [0, 0.1) is 22.7 Å². The van der Waals surface area contributed by atoms with E-state index in [0.717, 1.165) is 32.3 Å². The Morgan fingerprint density at radius 1 is 0.650 bits per heavy atom. The predicted octanol–water partition coefficient (Wildman–Crippen LogP) is 4.33. The number of hydrogen-bond acceptors (Lipinski definition) is 2. The highest BCUT2D eigenvalue weighted by molar-refractivity contribution is 6.24. The van der Waals surface area contributed by atoms with Gasteiger partial charge in [0, 0.05) is 10.8 Å². The quantitative estimate of drug-likeness (QED) is 0.437. The molecule has 0 heterocycles. The van der Waals surface area contributed by atoms with E-state index in [9.17, 15) is 10.5 Å². The number of hydrogen-bond donors (Lipinski definition) is 0. The Balaban J connectivity index is 2.45. The fourth-order valence-corrected chi connectivity index (χ4v) is 3.02. The second kappa shape index (κ2) is 3.70. The van der Waals surface area contributed by atoms with E-state index < -0.39 is 0 Å². The van der Waals surface area contributed by atoms with Crippen LogP contribution >= 0.6 is 0 Å². The van der Waals surface area contributed by atoms with Gasteiger partial charge in [0.05, 0.1) is 23.3 Å². The van der Waals surface area contributed by atoms with Crippen LogP contribution in [0.5, 0.6) is 0 Å². The number of benzene rings is 4. The van der Waals surface area contributed by atoms with Crippen molar-refractivity contribution < 1.29 is 0 Å². The summed E-state index contributed by atoms with van der Waals surface area (Å²) in [4.78, 5) is 0. The summed E-state index contributed by atoms with van der Waals surface area (Å²) in [5, 5.41) is 24.9. The lowest BCUT2D eigenvalue weighted by atomic mass is 9.90. The van der Waals surface area contributed by atoms with Gasteiger partial charge in [-0.15, -0.1) is 0 Å². The van der Waals surface area contributed by atoms with Gasteiger partial charge in [0.2, 0.25) is 0 Å². The van der Waals surface area contributed by atoms with Crippen LogP contribution in [-0.2, 0) is 0 Å². The average Bonchev–Trinajstić information content (AvgIpc) is 2.52. The zero-order valence-corrected chi connectivity index (χ0v) is 10.5. The molecule has 4 rings (SSSR count). The molecular weight excluding hydrogens is 244 g/mol. The van der Waals surface area contributed by atoms with E-state index in [4.69, 9.17) is 0 Å². The number of rotatable bonds is 0. The summed E-state index contributed by atoms with van der Waals surface area (Å²) in [6.45, 7) is 0. The standard InChI is InChI=1S/C18H8N2/c19-9-13-8-14(10-20)16-7-5-12-3-1-2-11-4-6-15(13)18(16)17(11)12/h1-8H. The third kappa shape index (κ3) is 1.20. The summed E-state index contributed by atoms with van der Waals surface area (Å²) in [5.74, 6) is 0. The molecule has 20 heavy (non-hydrogen) atoms. The zero-order chi connectivity index (χ0) is 13.7. The van der Waals surface area contributed by atoms with E-state index in [-0.39, 0.29) is 0 Å². The molecule has 0 aliphatic heterocycles. The molecule has 90 valence electrons. The van der Waals surface area contributed by atoms with Gasteiger partial charge in [0.25, 0.3) is 0 Å². The molecule has 0 aliphatic carbocycles. The first-order valence-electron chi connectivity index (χ1n) is 6.34. The third-order valence-electron chi connectivity index (χ3n) is 3.89. The molecule has 0 fully saturated rings. The lowest BCUT2D eigenvalue weighted by molar-refractivity contribution is 1.48.